The molecule has 0 spiro atoms. The Bertz CT molecular complexity index is 773. The smallest absolute Gasteiger partial charge is 0.241 e. The number of rotatable bonds is 7. The van der Waals surface area contributed by atoms with Gasteiger partial charge in [0.15, 0.2) is 0 Å². The molecule has 138 valence electrons. The van der Waals surface area contributed by atoms with Crippen molar-refractivity contribution in [2.45, 2.75) is 51.0 Å². The van der Waals surface area contributed by atoms with Gasteiger partial charge in [0.05, 0.1) is 16.9 Å². The summed E-state index contributed by atoms with van der Waals surface area (Å²) in [5, 5.41) is 11.2. The molecular weight excluding hydrogens is 344 g/mol. The Hall–Kier alpha value is -1.93. The van der Waals surface area contributed by atoms with Crippen LogP contribution < -0.4 is 14.7 Å². The lowest BCUT2D eigenvalue weighted by molar-refractivity contribution is -0.308. The molecule has 1 aromatic rings. The number of nitrogens with one attached hydrogen (secondary N) is 1. The van der Waals surface area contributed by atoms with Crippen LogP contribution in [0.25, 0.3) is 0 Å². The van der Waals surface area contributed by atoms with E-state index in [0.29, 0.717) is 25.1 Å². The van der Waals surface area contributed by atoms with Crippen molar-refractivity contribution in [1.29, 1.82) is 0 Å². The van der Waals surface area contributed by atoms with Crippen LogP contribution in [0.5, 0.6) is 0 Å². The largest absolute Gasteiger partial charge is 0.548 e. The fraction of sp³-hybridized carbons (Fsp3) is 0.529. The summed E-state index contributed by atoms with van der Waals surface area (Å²) in [6, 6.07) is 3.21. The SMILES string of the molecule is CCC(=O)N1CCc2cc(S(=O)(=O)NC(CC(C)C)C(=O)[O-])ccc21. The zero-order valence-corrected chi connectivity index (χ0v) is 15.4. The minimum atomic E-state index is -3.99. The molecule has 0 aromatic heterocycles. The summed E-state index contributed by atoms with van der Waals surface area (Å²) in [5.41, 5.74) is 1.47. The van der Waals surface area contributed by atoms with Gasteiger partial charge in [-0.15, -0.1) is 0 Å². The second-order valence-electron chi connectivity index (χ2n) is 6.56. The fourth-order valence-corrected chi connectivity index (χ4v) is 4.16. The monoisotopic (exact) mass is 367 g/mol. The maximum absolute atomic E-state index is 12.5. The Labute approximate surface area is 148 Å². The predicted octanol–water partition coefficient (Wildman–Crippen LogP) is 0.429. The van der Waals surface area contributed by atoms with Crippen molar-refractivity contribution in [3.63, 3.8) is 0 Å². The van der Waals surface area contributed by atoms with Crippen molar-refractivity contribution >= 4 is 27.6 Å². The molecule has 8 heteroatoms. The first kappa shape index (κ1) is 19.4. The van der Waals surface area contributed by atoms with Crippen LogP contribution in [0.1, 0.15) is 39.2 Å². The van der Waals surface area contributed by atoms with E-state index >= 15 is 0 Å². The highest BCUT2D eigenvalue weighted by molar-refractivity contribution is 7.89. The van der Waals surface area contributed by atoms with Crippen LogP contribution in [0.2, 0.25) is 0 Å². The van der Waals surface area contributed by atoms with Gasteiger partial charge in [0, 0.05) is 18.7 Å². The first-order chi connectivity index (χ1) is 11.7. The number of benzene rings is 1. The summed E-state index contributed by atoms with van der Waals surface area (Å²) in [5.74, 6) is -1.46. The quantitative estimate of drug-likeness (QED) is 0.752. The number of sulfonamides is 1. The molecule has 1 amide bonds. The third kappa shape index (κ3) is 4.38. The van der Waals surface area contributed by atoms with Gasteiger partial charge in [-0.25, -0.2) is 13.1 Å². The van der Waals surface area contributed by atoms with Crippen LogP contribution in [0.3, 0.4) is 0 Å². The highest BCUT2D eigenvalue weighted by atomic mass is 32.2. The highest BCUT2D eigenvalue weighted by Gasteiger charge is 2.27. The summed E-state index contributed by atoms with van der Waals surface area (Å²) >= 11 is 0. The zero-order chi connectivity index (χ0) is 18.8. The first-order valence-corrected chi connectivity index (χ1v) is 9.80. The van der Waals surface area contributed by atoms with E-state index in [1.54, 1.807) is 31.7 Å². The molecule has 1 aliphatic rings. The Morgan fingerprint density at radius 3 is 2.56 bits per heavy atom. The van der Waals surface area contributed by atoms with Crippen molar-refractivity contribution in [3.8, 4) is 0 Å². The lowest BCUT2D eigenvalue weighted by Gasteiger charge is -2.22. The van der Waals surface area contributed by atoms with E-state index in [2.05, 4.69) is 4.72 Å². The van der Waals surface area contributed by atoms with E-state index in [1.165, 1.54) is 12.1 Å². The predicted molar refractivity (Wildman–Crippen MR) is 91.4 cm³/mol. The van der Waals surface area contributed by atoms with Gasteiger partial charge >= 0.3 is 0 Å². The first-order valence-electron chi connectivity index (χ1n) is 8.32. The molecule has 1 atom stereocenters. The lowest BCUT2D eigenvalue weighted by atomic mass is 10.1. The number of carboxylic acid groups (broad SMARTS) is 1. The third-order valence-electron chi connectivity index (χ3n) is 4.15. The summed E-state index contributed by atoms with van der Waals surface area (Å²) in [7, 11) is -3.99. The van der Waals surface area contributed by atoms with Gasteiger partial charge in [-0.1, -0.05) is 20.8 Å². The van der Waals surface area contributed by atoms with Gasteiger partial charge in [-0.2, -0.15) is 0 Å². The van der Waals surface area contributed by atoms with Gasteiger partial charge in [0.25, 0.3) is 0 Å². The number of hydrogen-bond acceptors (Lipinski definition) is 5. The molecule has 25 heavy (non-hydrogen) atoms. The summed E-state index contributed by atoms with van der Waals surface area (Å²) in [6.07, 6.45) is 1.09. The molecule has 7 nitrogen and oxygen atoms in total. The standard InChI is InChI=1S/C17H24N2O5S/c1-4-16(20)19-8-7-12-10-13(5-6-15(12)19)25(23,24)18-14(17(21)22)9-11(2)3/h5-6,10-11,14,18H,4,7-9H2,1-3H3,(H,21,22)/p-1. The van der Waals surface area contributed by atoms with E-state index < -0.39 is 22.0 Å². The normalized spacial score (nSPS) is 15.3. The van der Waals surface area contributed by atoms with E-state index in [1.807, 2.05) is 0 Å². The number of carbonyl (C=O) groups excluding carboxylic acids is 2. The highest BCUT2D eigenvalue weighted by Crippen LogP contribution is 2.30. The van der Waals surface area contributed by atoms with Crippen molar-refractivity contribution in [2.75, 3.05) is 11.4 Å². The molecular formula is C17H23N2O5S-. The molecule has 1 N–H and O–H groups in total. The molecule has 1 unspecified atom stereocenters. The number of nitrogens with zero attached hydrogens (tertiary/aromatic N) is 1. The summed E-state index contributed by atoms with van der Waals surface area (Å²) in [4.78, 5) is 24.7. The number of carboxylic acids is 1. The molecule has 0 saturated carbocycles. The van der Waals surface area contributed by atoms with Gasteiger partial charge in [-0.05, 0) is 42.5 Å². The number of hydrogen-bond donors (Lipinski definition) is 1. The van der Waals surface area contributed by atoms with Crippen LogP contribution >= 0.6 is 0 Å². The van der Waals surface area contributed by atoms with Gasteiger partial charge in [-0.3, -0.25) is 4.79 Å². The van der Waals surface area contributed by atoms with E-state index in [9.17, 15) is 23.1 Å². The number of fused-ring (bicyclic) bond motifs is 1. The van der Waals surface area contributed by atoms with Gasteiger partial charge in [0.1, 0.15) is 0 Å². The number of carbonyl (C=O) groups is 2. The van der Waals surface area contributed by atoms with Crippen molar-refractivity contribution < 1.29 is 23.1 Å². The molecule has 1 aromatic carbocycles. The Morgan fingerprint density at radius 2 is 2.00 bits per heavy atom. The average molecular weight is 367 g/mol. The van der Waals surface area contributed by atoms with Crippen LogP contribution in [-0.2, 0) is 26.0 Å². The maximum atomic E-state index is 12.5. The summed E-state index contributed by atoms with van der Waals surface area (Å²) in [6.45, 7) is 5.91. The topological polar surface area (TPSA) is 107 Å². The van der Waals surface area contributed by atoms with E-state index in [4.69, 9.17) is 0 Å². The second-order valence-corrected chi connectivity index (χ2v) is 8.28. The number of anilines is 1. The molecule has 0 radical (unpaired) electrons. The second kappa shape index (κ2) is 7.53. The lowest BCUT2D eigenvalue weighted by Crippen LogP contribution is -2.48. The molecule has 1 aliphatic heterocycles. The number of aliphatic carboxylic acids is 1. The Kier molecular flexibility index (Phi) is 5.84. The zero-order valence-electron chi connectivity index (χ0n) is 14.6. The van der Waals surface area contributed by atoms with Crippen LogP contribution in [0.15, 0.2) is 23.1 Å². The Balaban J connectivity index is 2.26. The minimum absolute atomic E-state index is 0.000708. The average Bonchev–Trinajstić information content (AvgIpc) is 2.95. The van der Waals surface area contributed by atoms with Gasteiger partial charge < -0.3 is 14.8 Å². The van der Waals surface area contributed by atoms with E-state index in [0.717, 1.165) is 5.56 Å². The van der Waals surface area contributed by atoms with Crippen LogP contribution in [0, 0.1) is 5.92 Å². The summed E-state index contributed by atoms with van der Waals surface area (Å²) < 4.78 is 27.2. The fourth-order valence-electron chi connectivity index (χ4n) is 2.91. The Morgan fingerprint density at radius 1 is 1.32 bits per heavy atom. The van der Waals surface area contributed by atoms with Crippen molar-refractivity contribution in [2.24, 2.45) is 5.92 Å². The molecule has 0 fully saturated rings. The minimum Gasteiger partial charge on any atom is -0.548 e. The van der Waals surface area contributed by atoms with Crippen LogP contribution in [-0.4, -0.2) is 32.9 Å². The molecule has 2 rings (SSSR count). The molecule has 0 aliphatic carbocycles. The maximum Gasteiger partial charge on any atom is 0.241 e. The third-order valence-corrected chi connectivity index (χ3v) is 5.62. The number of amides is 1. The molecule has 1 heterocycles. The van der Waals surface area contributed by atoms with Crippen LogP contribution in [0.4, 0.5) is 5.69 Å². The van der Waals surface area contributed by atoms with Gasteiger partial charge in [0.2, 0.25) is 15.9 Å². The van der Waals surface area contributed by atoms with Crippen molar-refractivity contribution in [1.82, 2.24) is 4.72 Å². The van der Waals surface area contributed by atoms with E-state index in [-0.39, 0.29) is 23.1 Å². The molecule has 0 saturated heterocycles. The molecule has 0 bridgehead atoms. The van der Waals surface area contributed by atoms with Crippen molar-refractivity contribution in [3.05, 3.63) is 23.8 Å².